The minimum Gasteiger partial charge on any atom is -0.103 e. The molecule has 0 N–H and O–H groups in total. The van der Waals surface area contributed by atoms with Crippen molar-refractivity contribution >= 4 is 15.8 Å². The fourth-order valence-electron chi connectivity index (χ4n) is 2.91. The first-order valence-corrected chi connectivity index (χ1v) is 9.82. The van der Waals surface area contributed by atoms with Crippen LogP contribution < -0.4 is 0 Å². The second kappa shape index (κ2) is 5.27. The van der Waals surface area contributed by atoms with Crippen molar-refractivity contribution in [3.8, 4) is 0 Å². The van der Waals surface area contributed by atoms with E-state index in [0.717, 1.165) is 11.3 Å². The van der Waals surface area contributed by atoms with E-state index in [1.807, 2.05) is 0 Å². The van der Waals surface area contributed by atoms with Gasteiger partial charge < -0.3 is 0 Å². The normalized spacial score (nSPS) is 43.3. The maximum absolute atomic E-state index is 2.50. The summed E-state index contributed by atoms with van der Waals surface area (Å²) in [7, 11) is 0.949. The van der Waals surface area contributed by atoms with Crippen molar-refractivity contribution in [2.45, 2.75) is 50.8 Å². The van der Waals surface area contributed by atoms with Crippen molar-refractivity contribution in [3.63, 3.8) is 0 Å². The average Bonchev–Trinajstić information content (AvgIpc) is 2.72. The van der Waals surface area contributed by atoms with Crippen molar-refractivity contribution < 1.29 is 0 Å². The van der Waals surface area contributed by atoms with Crippen molar-refractivity contribution in [3.05, 3.63) is 0 Å². The van der Waals surface area contributed by atoms with Gasteiger partial charge in [-0.2, -0.15) is 0 Å². The van der Waals surface area contributed by atoms with Gasteiger partial charge in [0.25, 0.3) is 0 Å². The van der Waals surface area contributed by atoms with Crippen molar-refractivity contribution in [1.29, 1.82) is 0 Å². The van der Waals surface area contributed by atoms with Crippen LogP contribution in [0, 0.1) is 0 Å². The van der Waals surface area contributed by atoms with Gasteiger partial charge in [-0.1, -0.05) is 13.8 Å². The lowest BCUT2D eigenvalue weighted by molar-refractivity contribution is 0.834. The van der Waals surface area contributed by atoms with Crippen LogP contribution in [0.15, 0.2) is 0 Å². The lowest BCUT2D eigenvalue weighted by Crippen LogP contribution is -2.02. The summed E-state index contributed by atoms with van der Waals surface area (Å²) in [5.41, 5.74) is 2.22. The Morgan fingerprint density at radius 2 is 1.29 bits per heavy atom. The molecule has 2 unspecified atom stereocenters. The summed E-state index contributed by atoms with van der Waals surface area (Å²) >= 11 is 0. The largest absolute Gasteiger partial charge is 0.103 e. The van der Waals surface area contributed by atoms with Crippen LogP contribution in [0.5, 0.6) is 0 Å². The summed E-state index contributed by atoms with van der Waals surface area (Å²) in [6.45, 7) is 5.01. The second-order valence-electron chi connectivity index (χ2n) is 5.05. The zero-order valence-electron chi connectivity index (χ0n) is 9.71. The van der Waals surface area contributed by atoms with Crippen LogP contribution in [-0.2, 0) is 0 Å². The van der Waals surface area contributed by atoms with Gasteiger partial charge in [-0.15, -0.1) is 15.8 Å². The summed E-state index contributed by atoms with van der Waals surface area (Å²) in [5, 5.41) is 0. The van der Waals surface area contributed by atoms with Crippen LogP contribution >= 0.6 is 15.8 Å². The molecule has 4 atom stereocenters. The van der Waals surface area contributed by atoms with Gasteiger partial charge in [-0.3, -0.25) is 0 Å². The molecule has 2 rings (SSSR count). The Labute approximate surface area is 91.7 Å². The third-order valence-corrected chi connectivity index (χ3v) is 10.8. The Hall–Kier alpha value is 0.860. The van der Waals surface area contributed by atoms with Crippen molar-refractivity contribution in [2.75, 3.05) is 24.6 Å². The quantitative estimate of drug-likeness (QED) is 0.633. The van der Waals surface area contributed by atoms with Gasteiger partial charge in [0.05, 0.1) is 0 Å². The van der Waals surface area contributed by atoms with Crippen LogP contribution in [0.4, 0.5) is 0 Å². The maximum atomic E-state index is 2.50. The molecule has 0 aromatic heterocycles. The molecule has 2 aliphatic rings. The van der Waals surface area contributed by atoms with Gasteiger partial charge in [-0.25, -0.2) is 0 Å². The standard InChI is InChI=1S/C12H24P2/c1-11-5-3-7-13(11)9-10-14-8-4-6-12(14)2/h11-12H,3-10H2,1-2H3/t11-,12-,13?,14?/m1/s1. The monoisotopic (exact) mass is 230 g/mol. The minimum absolute atomic E-state index is 0.475. The maximum Gasteiger partial charge on any atom is -0.0237 e. The highest BCUT2D eigenvalue weighted by Gasteiger charge is 2.26. The molecule has 0 aromatic carbocycles. The molecule has 0 saturated carbocycles. The SMILES string of the molecule is C[C@@H]1CCCP1CCP1CCC[C@H]1C. The van der Waals surface area contributed by atoms with Crippen molar-refractivity contribution in [2.24, 2.45) is 0 Å². The lowest BCUT2D eigenvalue weighted by Gasteiger charge is -2.21. The Balaban J connectivity index is 1.71. The van der Waals surface area contributed by atoms with Gasteiger partial charge in [0, 0.05) is 0 Å². The molecule has 0 bridgehead atoms. The Kier molecular flexibility index (Phi) is 4.27. The van der Waals surface area contributed by atoms with E-state index in [-0.39, 0.29) is 0 Å². The van der Waals surface area contributed by atoms with Crippen LogP contribution in [0.2, 0.25) is 0 Å². The third-order valence-electron chi connectivity index (χ3n) is 4.06. The fraction of sp³-hybridized carbons (Fsp3) is 1.00. The first-order valence-electron chi connectivity index (χ1n) is 6.25. The molecule has 14 heavy (non-hydrogen) atoms. The van der Waals surface area contributed by atoms with Crippen LogP contribution in [-0.4, -0.2) is 36.0 Å². The molecule has 2 fully saturated rings. The Morgan fingerprint density at radius 1 is 0.857 bits per heavy atom. The third kappa shape index (κ3) is 2.70. The molecule has 0 radical (unpaired) electrons. The van der Waals surface area contributed by atoms with Crippen LogP contribution in [0.25, 0.3) is 0 Å². The molecular formula is C12H24P2. The molecule has 82 valence electrons. The van der Waals surface area contributed by atoms with E-state index >= 15 is 0 Å². The van der Waals surface area contributed by atoms with Gasteiger partial charge in [0.15, 0.2) is 0 Å². The summed E-state index contributed by atoms with van der Waals surface area (Å²) in [6.07, 6.45) is 12.6. The number of rotatable bonds is 3. The van der Waals surface area contributed by atoms with E-state index in [1.165, 1.54) is 0 Å². The molecule has 0 aromatic rings. The summed E-state index contributed by atoms with van der Waals surface area (Å²) < 4.78 is 0. The van der Waals surface area contributed by atoms with Crippen LogP contribution in [0.3, 0.4) is 0 Å². The van der Waals surface area contributed by atoms with E-state index in [2.05, 4.69) is 13.8 Å². The number of hydrogen-bond acceptors (Lipinski definition) is 0. The smallest absolute Gasteiger partial charge is 0.0237 e. The highest BCUT2D eigenvalue weighted by atomic mass is 31.1. The minimum atomic E-state index is 0.475. The van der Waals surface area contributed by atoms with E-state index in [4.69, 9.17) is 0 Å². The molecule has 0 nitrogen and oxygen atoms in total. The van der Waals surface area contributed by atoms with Crippen LogP contribution in [0.1, 0.15) is 39.5 Å². The fourth-order valence-corrected chi connectivity index (χ4v) is 9.45. The molecule has 0 spiro atoms. The molecular weight excluding hydrogens is 206 g/mol. The molecule has 0 aliphatic carbocycles. The van der Waals surface area contributed by atoms with E-state index in [1.54, 1.807) is 50.3 Å². The van der Waals surface area contributed by atoms with Gasteiger partial charge >= 0.3 is 0 Å². The predicted molar refractivity (Wildman–Crippen MR) is 70.7 cm³/mol. The first-order chi connectivity index (χ1) is 6.77. The van der Waals surface area contributed by atoms with Gasteiger partial charge in [0.2, 0.25) is 0 Å². The number of hydrogen-bond donors (Lipinski definition) is 0. The summed E-state index contributed by atoms with van der Waals surface area (Å²) in [4.78, 5) is 0. The predicted octanol–water partition coefficient (Wildman–Crippen LogP) is 4.31. The lowest BCUT2D eigenvalue weighted by atomic mass is 10.3. The first kappa shape index (κ1) is 11.3. The zero-order valence-corrected chi connectivity index (χ0v) is 11.5. The Morgan fingerprint density at radius 3 is 1.57 bits per heavy atom. The van der Waals surface area contributed by atoms with E-state index in [0.29, 0.717) is 15.8 Å². The molecule has 2 aliphatic heterocycles. The Bertz CT molecular complexity index is 161. The molecule has 2 heterocycles. The molecule has 2 heteroatoms. The second-order valence-corrected chi connectivity index (χ2v) is 11.0. The average molecular weight is 230 g/mol. The van der Waals surface area contributed by atoms with Crippen molar-refractivity contribution in [1.82, 2.24) is 0 Å². The molecule has 2 saturated heterocycles. The summed E-state index contributed by atoms with van der Waals surface area (Å²) in [5.74, 6) is 0. The van der Waals surface area contributed by atoms with Gasteiger partial charge in [0.1, 0.15) is 0 Å². The van der Waals surface area contributed by atoms with Gasteiger partial charge in [-0.05, 0) is 61.6 Å². The highest BCUT2D eigenvalue weighted by molar-refractivity contribution is 7.62. The summed E-state index contributed by atoms with van der Waals surface area (Å²) in [6, 6.07) is 0. The topological polar surface area (TPSA) is 0 Å². The zero-order chi connectivity index (χ0) is 9.97. The molecule has 0 amide bonds. The van der Waals surface area contributed by atoms with E-state index in [9.17, 15) is 0 Å². The van der Waals surface area contributed by atoms with E-state index < -0.39 is 0 Å². The highest BCUT2D eigenvalue weighted by Crippen LogP contribution is 2.55.